The van der Waals surface area contributed by atoms with Crippen molar-refractivity contribution in [2.75, 3.05) is 0 Å². The number of nitrogens with one attached hydrogen (secondary N) is 1. The van der Waals surface area contributed by atoms with Crippen LogP contribution in [0.2, 0.25) is 10.2 Å². The van der Waals surface area contributed by atoms with Gasteiger partial charge < -0.3 is 5.32 Å². The third-order valence-corrected chi connectivity index (χ3v) is 3.51. The average molecular weight is 309 g/mol. The van der Waals surface area contributed by atoms with Crippen molar-refractivity contribution in [3.05, 3.63) is 63.9 Å². The Hall–Kier alpha value is -1.58. The Labute approximate surface area is 127 Å². The number of aromatic nitrogens is 1. The van der Waals surface area contributed by atoms with Gasteiger partial charge in [0.2, 0.25) is 0 Å². The molecular weight excluding hydrogens is 295 g/mol. The Kier molecular flexibility index (Phi) is 4.99. The molecule has 5 heteroatoms. The van der Waals surface area contributed by atoms with Crippen molar-refractivity contribution in [2.24, 2.45) is 0 Å². The van der Waals surface area contributed by atoms with E-state index in [1.165, 1.54) is 17.8 Å². The van der Waals surface area contributed by atoms with Crippen LogP contribution in [0.5, 0.6) is 0 Å². The number of carbonyl (C=O) groups is 1. The van der Waals surface area contributed by atoms with Crippen LogP contribution >= 0.6 is 23.2 Å². The lowest BCUT2D eigenvalue weighted by molar-refractivity contribution is 0.0940. The number of pyridine rings is 1. The number of carbonyl (C=O) groups excluding carboxylic acids is 1. The van der Waals surface area contributed by atoms with Gasteiger partial charge in [-0.25, -0.2) is 4.98 Å². The van der Waals surface area contributed by atoms with Crippen LogP contribution in [0.25, 0.3) is 0 Å². The van der Waals surface area contributed by atoms with Crippen LogP contribution in [0.4, 0.5) is 0 Å². The molecule has 2 aromatic rings. The van der Waals surface area contributed by atoms with E-state index in [1.807, 2.05) is 37.3 Å². The molecular formula is C15H14Cl2N2O. The molecule has 0 saturated heterocycles. The van der Waals surface area contributed by atoms with Crippen molar-refractivity contribution in [3.63, 3.8) is 0 Å². The van der Waals surface area contributed by atoms with Gasteiger partial charge in [0, 0.05) is 12.2 Å². The summed E-state index contributed by atoms with van der Waals surface area (Å²) in [5, 5.41) is 3.38. The molecule has 104 valence electrons. The van der Waals surface area contributed by atoms with E-state index in [0.29, 0.717) is 5.56 Å². The summed E-state index contributed by atoms with van der Waals surface area (Å²) in [6.07, 6.45) is 2.18. The molecule has 1 aromatic carbocycles. The smallest absolute Gasteiger partial charge is 0.253 e. The predicted octanol–water partition coefficient (Wildman–Crippen LogP) is 3.75. The fourth-order valence-electron chi connectivity index (χ4n) is 1.87. The Bertz CT molecular complexity index is 602. The fraction of sp³-hybridized carbons (Fsp3) is 0.200. The van der Waals surface area contributed by atoms with Crippen molar-refractivity contribution >= 4 is 29.1 Å². The molecule has 0 aliphatic rings. The first-order valence-corrected chi connectivity index (χ1v) is 6.97. The molecule has 3 nitrogen and oxygen atoms in total. The van der Waals surface area contributed by atoms with E-state index in [-0.39, 0.29) is 22.1 Å². The summed E-state index contributed by atoms with van der Waals surface area (Å²) in [6, 6.07) is 11.5. The van der Waals surface area contributed by atoms with Gasteiger partial charge >= 0.3 is 0 Å². The predicted molar refractivity (Wildman–Crippen MR) is 81.3 cm³/mol. The van der Waals surface area contributed by atoms with Gasteiger partial charge in [-0.15, -0.1) is 0 Å². The SMILES string of the molecule is CC(Cc1ccccc1)NC(=O)c1cnc(Cl)c(Cl)c1. The maximum Gasteiger partial charge on any atom is 0.253 e. The van der Waals surface area contributed by atoms with Crippen LogP contribution in [0, 0.1) is 0 Å². The highest BCUT2D eigenvalue weighted by molar-refractivity contribution is 6.41. The molecule has 0 radical (unpaired) electrons. The molecule has 1 N–H and O–H groups in total. The van der Waals surface area contributed by atoms with E-state index in [0.717, 1.165) is 6.42 Å². The third-order valence-electron chi connectivity index (χ3n) is 2.82. The molecule has 0 aliphatic carbocycles. The maximum atomic E-state index is 12.1. The molecule has 0 fully saturated rings. The Morgan fingerprint density at radius 1 is 1.30 bits per heavy atom. The van der Waals surface area contributed by atoms with Crippen molar-refractivity contribution in [3.8, 4) is 0 Å². The van der Waals surface area contributed by atoms with Crippen molar-refractivity contribution in [2.45, 2.75) is 19.4 Å². The van der Waals surface area contributed by atoms with Gasteiger partial charge in [-0.1, -0.05) is 53.5 Å². The lowest BCUT2D eigenvalue weighted by Crippen LogP contribution is -2.34. The molecule has 0 spiro atoms. The van der Waals surface area contributed by atoms with Gasteiger partial charge in [0.15, 0.2) is 0 Å². The summed E-state index contributed by atoms with van der Waals surface area (Å²) < 4.78 is 0. The second-order valence-corrected chi connectivity index (χ2v) is 5.33. The molecule has 1 aromatic heterocycles. The van der Waals surface area contributed by atoms with Crippen LogP contribution < -0.4 is 5.32 Å². The summed E-state index contributed by atoms with van der Waals surface area (Å²) in [6.45, 7) is 1.95. The Morgan fingerprint density at radius 3 is 2.65 bits per heavy atom. The summed E-state index contributed by atoms with van der Waals surface area (Å²) in [7, 11) is 0. The first-order valence-electron chi connectivity index (χ1n) is 6.22. The quantitative estimate of drug-likeness (QED) is 0.874. The maximum absolute atomic E-state index is 12.1. The van der Waals surface area contributed by atoms with Crippen LogP contribution in [0.15, 0.2) is 42.6 Å². The standard InChI is InChI=1S/C15H14Cl2N2O/c1-10(7-11-5-3-2-4-6-11)19-15(20)12-8-13(16)14(17)18-9-12/h2-6,8-10H,7H2,1H3,(H,19,20). The average Bonchev–Trinajstić information content (AvgIpc) is 2.42. The third kappa shape index (κ3) is 3.95. The van der Waals surface area contributed by atoms with Crippen LogP contribution in [-0.2, 0) is 6.42 Å². The van der Waals surface area contributed by atoms with Gasteiger partial charge in [0.25, 0.3) is 5.91 Å². The zero-order valence-corrected chi connectivity index (χ0v) is 12.4. The minimum atomic E-state index is -0.209. The first kappa shape index (κ1) is 14.8. The minimum Gasteiger partial charge on any atom is -0.349 e. The van der Waals surface area contributed by atoms with E-state index in [4.69, 9.17) is 23.2 Å². The largest absolute Gasteiger partial charge is 0.349 e. The topological polar surface area (TPSA) is 42.0 Å². The number of rotatable bonds is 4. The fourth-order valence-corrected chi connectivity index (χ4v) is 2.14. The van der Waals surface area contributed by atoms with E-state index in [9.17, 15) is 4.79 Å². The van der Waals surface area contributed by atoms with Crippen LogP contribution in [-0.4, -0.2) is 16.9 Å². The summed E-state index contributed by atoms with van der Waals surface area (Å²) in [4.78, 5) is 15.9. The summed E-state index contributed by atoms with van der Waals surface area (Å²) in [5.41, 5.74) is 1.58. The zero-order valence-electron chi connectivity index (χ0n) is 10.9. The molecule has 1 atom stereocenters. The van der Waals surface area contributed by atoms with Gasteiger partial charge in [0.1, 0.15) is 5.15 Å². The van der Waals surface area contributed by atoms with Crippen LogP contribution in [0.1, 0.15) is 22.8 Å². The molecule has 0 bridgehead atoms. The number of amides is 1. The number of nitrogens with zero attached hydrogens (tertiary/aromatic N) is 1. The highest BCUT2D eigenvalue weighted by atomic mass is 35.5. The number of halogens is 2. The molecule has 2 rings (SSSR count). The molecule has 1 unspecified atom stereocenters. The normalized spacial score (nSPS) is 11.9. The molecule has 0 saturated carbocycles. The van der Waals surface area contributed by atoms with Gasteiger partial charge in [0.05, 0.1) is 10.6 Å². The molecule has 1 heterocycles. The monoisotopic (exact) mass is 308 g/mol. The number of hydrogen-bond acceptors (Lipinski definition) is 2. The lowest BCUT2D eigenvalue weighted by Gasteiger charge is -2.14. The van der Waals surface area contributed by atoms with Gasteiger partial charge in [-0.05, 0) is 25.0 Å². The van der Waals surface area contributed by atoms with E-state index < -0.39 is 0 Å². The molecule has 20 heavy (non-hydrogen) atoms. The van der Waals surface area contributed by atoms with Crippen molar-refractivity contribution in [1.82, 2.24) is 10.3 Å². The Morgan fingerprint density at radius 2 is 2.00 bits per heavy atom. The summed E-state index contributed by atoms with van der Waals surface area (Å²) in [5.74, 6) is -0.209. The van der Waals surface area contributed by atoms with E-state index >= 15 is 0 Å². The molecule has 1 amide bonds. The van der Waals surface area contributed by atoms with Crippen molar-refractivity contribution < 1.29 is 4.79 Å². The first-order chi connectivity index (χ1) is 9.56. The number of benzene rings is 1. The molecule has 0 aliphatic heterocycles. The Balaban J connectivity index is 1.98. The van der Waals surface area contributed by atoms with Gasteiger partial charge in [-0.2, -0.15) is 0 Å². The van der Waals surface area contributed by atoms with E-state index in [2.05, 4.69) is 10.3 Å². The van der Waals surface area contributed by atoms with Crippen LogP contribution in [0.3, 0.4) is 0 Å². The van der Waals surface area contributed by atoms with E-state index in [1.54, 1.807) is 0 Å². The highest BCUT2D eigenvalue weighted by Crippen LogP contribution is 2.19. The lowest BCUT2D eigenvalue weighted by atomic mass is 10.1. The van der Waals surface area contributed by atoms with Gasteiger partial charge in [-0.3, -0.25) is 4.79 Å². The second-order valence-electron chi connectivity index (χ2n) is 4.56. The summed E-state index contributed by atoms with van der Waals surface area (Å²) >= 11 is 11.6. The van der Waals surface area contributed by atoms with Crippen molar-refractivity contribution in [1.29, 1.82) is 0 Å². The zero-order chi connectivity index (χ0) is 14.5. The second kappa shape index (κ2) is 6.73. The number of hydrogen-bond donors (Lipinski definition) is 1. The highest BCUT2D eigenvalue weighted by Gasteiger charge is 2.12. The minimum absolute atomic E-state index is 0.0133.